The van der Waals surface area contributed by atoms with Gasteiger partial charge in [0.25, 0.3) is 0 Å². The second-order valence-electron chi connectivity index (χ2n) is 4.93. The van der Waals surface area contributed by atoms with E-state index in [4.69, 9.17) is 19.3 Å². The molecule has 0 unspecified atom stereocenters. The number of carbonyl (C=O) groups is 1. The molecule has 0 spiro atoms. The zero-order valence-corrected chi connectivity index (χ0v) is 12.1. The van der Waals surface area contributed by atoms with Crippen molar-refractivity contribution in [2.75, 3.05) is 26.9 Å². The van der Waals surface area contributed by atoms with Crippen molar-refractivity contribution >= 4 is 5.91 Å². The molecule has 1 aliphatic heterocycles. The average molecular weight is 295 g/mol. The van der Waals surface area contributed by atoms with Gasteiger partial charge in [-0.2, -0.15) is 0 Å². The van der Waals surface area contributed by atoms with Gasteiger partial charge in [-0.3, -0.25) is 4.79 Å². The summed E-state index contributed by atoms with van der Waals surface area (Å²) in [7, 11) is 1.49. The smallest absolute Gasteiger partial charge is 0.246 e. The van der Waals surface area contributed by atoms with Crippen LogP contribution in [-0.2, 0) is 20.9 Å². The number of hydrogen-bond donors (Lipinski definition) is 2. The molecule has 1 aromatic rings. The molecule has 1 saturated heterocycles. The Bertz CT molecular complexity index is 448. The number of nitrogens with one attached hydrogen (secondary N) is 1. The number of benzene rings is 1. The third kappa shape index (κ3) is 4.70. The van der Waals surface area contributed by atoms with E-state index in [0.29, 0.717) is 25.4 Å². The van der Waals surface area contributed by atoms with Gasteiger partial charge in [-0.05, 0) is 24.1 Å². The summed E-state index contributed by atoms with van der Waals surface area (Å²) in [5.74, 6) is 0.530. The molecule has 6 heteroatoms. The van der Waals surface area contributed by atoms with E-state index >= 15 is 0 Å². The van der Waals surface area contributed by atoms with E-state index < -0.39 is 0 Å². The summed E-state index contributed by atoms with van der Waals surface area (Å²) in [4.78, 5) is 11.6. The predicted octanol–water partition coefficient (Wildman–Crippen LogP) is 0.478. The average Bonchev–Trinajstić information content (AvgIpc) is 2.50. The topological polar surface area (TPSA) is 77.0 Å². The van der Waals surface area contributed by atoms with Gasteiger partial charge in [0, 0.05) is 13.7 Å². The normalized spacial score (nSPS) is 21.8. The second kappa shape index (κ2) is 7.97. The molecule has 0 radical (unpaired) electrons. The number of rotatable bonds is 6. The summed E-state index contributed by atoms with van der Waals surface area (Å²) in [6, 6.07) is 7.11. The summed E-state index contributed by atoms with van der Waals surface area (Å²) in [6.45, 7) is 1.07. The largest absolute Gasteiger partial charge is 0.486 e. The van der Waals surface area contributed by atoms with Gasteiger partial charge in [0.05, 0.1) is 19.3 Å². The fourth-order valence-electron chi connectivity index (χ4n) is 2.22. The lowest BCUT2D eigenvalue weighted by Crippen LogP contribution is -2.52. The molecular weight excluding hydrogens is 274 g/mol. The van der Waals surface area contributed by atoms with E-state index in [1.807, 2.05) is 0 Å². The molecule has 0 aliphatic carbocycles. The van der Waals surface area contributed by atoms with Gasteiger partial charge in [0.1, 0.15) is 18.5 Å². The highest BCUT2D eigenvalue weighted by Gasteiger charge is 2.28. The highest BCUT2D eigenvalue weighted by atomic mass is 16.5. The van der Waals surface area contributed by atoms with Gasteiger partial charge in [-0.25, -0.2) is 0 Å². The van der Waals surface area contributed by atoms with Crippen molar-refractivity contribution in [2.45, 2.75) is 25.2 Å². The molecule has 1 aromatic carbocycles. The fraction of sp³-hybridized carbons (Fsp3) is 0.533. The molecule has 2 N–H and O–H groups in total. The monoisotopic (exact) mass is 295 g/mol. The van der Waals surface area contributed by atoms with Crippen LogP contribution in [0.3, 0.4) is 0 Å². The van der Waals surface area contributed by atoms with E-state index in [2.05, 4.69) is 5.32 Å². The Labute approximate surface area is 124 Å². The molecule has 1 aliphatic rings. The maximum absolute atomic E-state index is 11.6. The first-order chi connectivity index (χ1) is 10.2. The lowest BCUT2D eigenvalue weighted by molar-refractivity contribution is -0.127. The number of carbonyl (C=O) groups excluding carboxylic acids is 1. The van der Waals surface area contributed by atoms with Crippen LogP contribution < -0.4 is 10.1 Å². The molecule has 21 heavy (non-hydrogen) atoms. The molecule has 1 heterocycles. The van der Waals surface area contributed by atoms with Crippen LogP contribution >= 0.6 is 0 Å². The van der Waals surface area contributed by atoms with E-state index in [-0.39, 0.29) is 31.3 Å². The first kappa shape index (κ1) is 15.8. The Kier molecular flexibility index (Phi) is 5.98. The van der Waals surface area contributed by atoms with Crippen LogP contribution in [0, 0.1) is 0 Å². The number of ether oxygens (including phenoxy) is 3. The van der Waals surface area contributed by atoms with Gasteiger partial charge in [0.15, 0.2) is 0 Å². The number of aliphatic hydroxyl groups is 1. The highest BCUT2D eigenvalue weighted by molar-refractivity contribution is 5.77. The minimum Gasteiger partial charge on any atom is -0.486 e. The van der Waals surface area contributed by atoms with Crippen LogP contribution in [0.5, 0.6) is 5.75 Å². The number of hydrogen-bond acceptors (Lipinski definition) is 5. The SMILES string of the molecule is COCC(=O)N[C@@H]1CCOC[C@H]1Oc1ccc(CO)cc1. The number of amides is 1. The fourth-order valence-corrected chi connectivity index (χ4v) is 2.22. The van der Waals surface area contributed by atoms with Gasteiger partial charge < -0.3 is 24.6 Å². The maximum atomic E-state index is 11.6. The Balaban J connectivity index is 1.95. The summed E-state index contributed by atoms with van der Waals surface area (Å²) < 4.78 is 16.1. The quantitative estimate of drug-likeness (QED) is 0.798. The van der Waals surface area contributed by atoms with Crippen molar-refractivity contribution in [3.05, 3.63) is 29.8 Å². The summed E-state index contributed by atoms with van der Waals surface area (Å²) >= 11 is 0. The van der Waals surface area contributed by atoms with Crippen molar-refractivity contribution in [1.82, 2.24) is 5.32 Å². The number of aliphatic hydroxyl groups excluding tert-OH is 1. The summed E-state index contributed by atoms with van der Waals surface area (Å²) in [6.07, 6.45) is 0.467. The molecule has 2 rings (SSSR count). The van der Waals surface area contributed by atoms with Gasteiger partial charge in [-0.15, -0.1) is 0 Å². The van der Waals surface area contributed by atoms with Crippen molar-refractivity contribution in [1.29, 1.82) is 0 Å². The Morgan fingerprint density at radius 2 is 2.19 bits per heavy atom. The Morgan fingerprint density at radius 1 is 1.43 bits per heavy atom. The van der Waals surface area contributed by atoms with Gasteiger partial charge in [-0.1, -0.05) is 12.1 Å². The number of methoxy groups -OCH3 is 1. The summed E-state index contributed by atoms with van der Waals surface area (Å²) in [5.41, 5.74) is 0.826. The first-order valence-corrected chi connectivity index (χ1v) is 6.95. The van der Waals surface area contributed by atoms with Crippen LogP contribution in [0.1, 0.15) is 12.0 Å². The van der Waals surface area contributed by atoms with Crippen LogP contribution in [0.4, 0.5) is 0 Å². The molecule has 0 bridgehead atoms. The molecule has 2 atom stereocenters. The first-order valence-electron chi connectivity index (χ1n) is 6.95. The molecular formula is C15H21NO5. The zero-order valence-electron chi connectivity index (χ0n) is 12.1. The van der Waals surface area contributed by atoms with Crippen LogP contribution in [0.25, 0.3) is 0 Å². The van der Waals surface area contributed by atoms with E-state index in [0.717, 1.165) is 5.56 Å². The molecule has 0 saturated carbocycles. The highest BCUT2D eigenvalue weighted by Crippen LogP contribution is 2.18. The molecule has 1 fully saturated rings. The second-order valence-corrected chi connectivity index (χ2v) is 4.93. The summed E-state index contributed by atoms with van der Waals surface area (Å²) in [5, 5.41) is 11.9. The van der Waals surface area contributed by atoms with E-state index in [1.54, 1.807) is 24.3 Å². The Morgan fingerprint density at radius 3 is 2.86 bits per heavy atom. The van der Waals surface area contributed by atoms with Gasteiger partial charge >= 0.3 is 0 Å². The van der Waals surface area contributed by atoms with Gasteiger partial charge in [0.2, 0.25) is 5.91 Å². The molecule has 1 amide bonds. The Hall–Kier alpha value is -1.63. The van der Waals surface area contributed by atoms with Crippen LogP contribution in [-0.4, -0.2) is 50.1 Å². The van der Waals surface area contributed by atoms with Crippen molar-refractivity contribution in [3.8, 4) is 5.75 Å². The molecule has 0 aromatic heterocycles. The molecule has 6 nitrogen and oxygen atoms in total. The minimum absolute atomic E-state index is 0.00250. The zero-order chi connectivity index (χ0) is 15.1. The van der Waals surface area contributed by atoms with Crippen molar-refractivity contribution < 1.29 is 24.1 Å². The maximum Gasteiger partial charge on any atom is 0.246 e. The van der Waals surface area contributed by atoms with Crippen LogP contribution in [0.15, 0.2) is 24.3 Å². The van der Waals surface area contributed by atoms with Crippen molar-refractivity contribution in [2.24, 2.45) is 0 Å². The lowest BCUT2D eigenvalue weighted by Gasteiger charge is -2.32. The lowest BCUT2D eigenvalue weighted by atomic mass is 10.1. The third-order valence-corrected chi connectivity index (χ3v) is 3.32. The third-order valence-electron chi connectivity index (χ3n) is 3.32. The molecule has 116 valence electrons. The van der Waals surface area contributed by atoms with Crippen molar-refractivity contribution in [3.63, 3.8) is 0 Å². The standard InChI is InChI=1S/C15H21NO5/c1-19-10-15(18)16-13-6-7-20-9-14(13)21-12-4-2-11(8-17)3-5-12/h2-5,13-14,17H,6-10H2,1H3,(H,16,18)/t13-,14-/m1/s1. The predicted molar refractivity (Wildman–Crippen MR) is 76.0 cm³/mol. The minimum atomic E-state index is -0.237. The van der Waals surface area contributed by atoms with Crippen LogP contribution in [0.2, 0.25) is 0 Å². The van der Waals surface area contributed by atoms with E-state index in [9.17, 15) is 4.79 Å². The van der Waals surface area contributed by atoms with E-state index in [1.165, 1.54) is 7.11 Å².